The molecule has 1 aromatic carbocycles. The van der Waals surface area contributed by atoms with Crippen molar-refractivity contribution in [3.63, 3.8) is 0 Å². The van der Waals surface area contributed by atoms with Gasteiger partial charge in [-0.15, -0.1) is 11.3 Å². The highest BCUT2D eigenvalue weighted by Crippen LogP contribution is 2.25. The summed E-state index contributed by atoms with van der Waals surface area (Å²) in [6.07, 6.45) is 0. The maximum atomic E-state index is 12.1. The van der Waals surface area contributed by atoms with Crippen LogP contribution in [0.2, 0.25) is 5.02 Å². The number of benzene rings is 1. The Bertz CT molecular complexity index is 687. The van der Waals surface area contributed by atoms with Crippen molar-refractivity contribution in [3.05, 3.63) is 49.6 Å². The van der Waals surface area contributed by atoms with Crippen LogP contribution in [-0.2, 0) is 0 Å². The minimum absolute atomic E-state index is 0.0983. The standard InChI is InChI=1S/C12H9BrClN3O2S/c13-6-1-2-9(7(5-6)11(15)17-19)16-12(18)10-8(14)3-4-20-10/h1-5,19H,(H2,15,17)(H,16,18). The van der Waals surface area contributed by atoms with E-state index < -0.39 is 0 Å². The molecule has 104 valence electrons. The van der Waals surface area contributed by atoms with Crippen molar-refractivity contribution < 1.29 is 10.0 Å². The highest BCUT2D eigenvalue weighted by Gasteiger charge is 2.15. The molecule has 1 heterocycles. The molecule has 2 aromatic rings. The Hall–Kier alpha value is -1.57. The van der Waals surface area contributed by atoms with Crippen molar-refractivity contribution in [1.29, 1.82) is 0 Å². The van der Waals surface area contributed by atoms with Gasteiger partial charge in [-0.2, -0.15) is 0 Å². The number of nitrogens with one attached hydrogen (secondary N) is 1. The molecule has 1 amide bonds. The first kappa shape index (κ1) is 14.8. The van der Waals surface area contributed by atoms with E-state index in [0.717, 1.165) is 4.47 Å². The zero-order chi connectivity index (χ0) is 14.7. The van der Waals surface area contributed by atoms with Gasteiger partial charge in [-0.3, -0.25) is 4.79 Å². The first-order valence-electron chi connectivity index (χ1n) is 5.34. The highest BCUT2D eigenvalue weighted by molar-refractivity contribution is 9.10. The van der Waals surface area contributed by atoms with Crippen LogP contribution in [0, 0.1) is 0 Å². The molecule has 0 bridgehead atoms. The lowest BCUT2D eigenvalue weighted by Gasteiger charge is -2.10. The molecule has 0 radical (unpaired) electrons. The summed E-state index contributed by atoms with van der Waals surface area (Å²) in [4.78, 5) is 12.5. The van der Waals surface area contributed by atoms with E-state index in [1.165, 1.54) is 11.3 Å². The predicted octanol–water partition coefficient (Wildman–Crippen LogP) is 3.51. The summed E-state index contributed by atoms with van der Waals surface area (Å²) in [6, 6.07) is 6.67. The predicted molar refractivity (Wildman–Crippen MR) is 83.9 cm³/mol. The van der Waals surface area contributed by atoms with E-state index in [9.17, 15) is 4.79 Å². The Morgan fingerprint density at radius 1 is 1.45 bits per heavy atom. The largest absolute Gasteiger partial charge is 0.409 e. The van der Waals surface area contributed by atoms with Crippen molar-refractivity contribution in [1.82, 2.24) is 0 Å². The van der Waals surface area contributed by atoms with Crippen LogP contribution in [0.3, 0.4) is 0 Å². The van der Waals surface area contributed by atoms with E-state index in [0.29, 0.717) is 21.2 Å². The lowest BCUT2D eigenvalue weighted by Crippen LogP contribution is -2.19. The van der Waals surface area contributed by atoms with Gasteiger partial charge in [-0.05, 0) is 29.6 Å². The van der Waals surface area contributed by atoms with Gasteiger partial charge in [-0.25, -0.2) is 0 Å². The van der Waals surface area contributed by atoms with Gasteiger partial charge in [0.15, 0.2) is 5.84 Å². The number of hydrogen-bond donors (Lipinski definition) is 3. The van der Waals surface area contributed by atoms with Gasteiger partial charge in [0.05, 0.1) is 10.7 Å². The number of amidine groups is 1. The molecule has 0 unspecified atom stereocenters. The molecule has 1 aromatic heterocycles. The summed E-state index contributed by atoms with van der Waals surface area (Å²) in [5.41, 5.74) is 6.43. The molecule has 20 heavy (non-hydrogen) atoms. The SMILES string of the molecule is N/C(=N/O)c1cc(Br)ccc1NC(=O)c1sccc1Cl. The van der Waals surface area contributed by atoms with Crippen LogP contribution >= 0.6 is 38.9 Å². The van der Waals surface area contributed by atoms with Crippen molar-refractivity contribution >= 4 is 56.3 Å². The first-order valence-corrected chi connectivity index (χ1v) is 7.39. The van der Waals surface area contributed by atoms with E-state index in [4.69, 9.17) is 22.5 Å². The Morgan fingerprint density at radius 3 is 2.80 bits per heavy atom. The van der Waals surface area contributed by atoms with Crippen LogP contribution in [0.4, 0.5) is 5.69 Å². The second kappa shape index (κ2) is 6.25. The van der Waals surface area contributed by atoms with E-state index in [-0.39, 0.29) is 11.7 Å². The summed E-state index contributed by atoms with van der Waals surface area (Å²) in [5, 5.41) is 16.5. The smallest absolute Gasteiger partial charge is 0.267 e. The first-order chi connectivity index (χ1) is 9.52. The Morgan fingerprint density at radius 2 is 2.20 bits per heavy atom. The van der Waals surface area contributed by atoms with Crippen LogP contribution in [0.5, 0.6) is 0 Å². The average molecular weight is 375 g/mol. The van der Waals surface area contributed by atoms with Crippen LogP contribution < -0.4 is 11.1 Å². The number of anilines is 1. The molecule has 4 N–H and O–H groups in total. The molecule has 0 saturated heterocycles. The van der Waals surface area contributed by atoms with Crippen LogP contribution in [-0.4, -0.2) is 17.0 Å². The third kappa shape index (κ3) is 3.12. The monoisotopic (exact) mass is 373 g/mol. The van der Waals surface area contributed by atoms with Crippen molar-refractivity contribution in [2.45, 2.75) is 0 Å². The fourth-order valence-electron chi connectivity index (χ4n) is 1.53. The van der Waals surface area contributed by atoms with Gasteiger partial charge in [0, 0.05) is 10.0 Å². The Kier molecular flexibility index (Phi) is 4.64. The molecule has 8 heteroatoms. The van der Waals surface area contributed by atoms with Gasteiger partial charge in [-0.1, -0.05) is 32.7 Å². The number of thiophene rings is 1. The maximum absolute atomic E-state index is 12.1. The summed E-state index contributed by atoms with van der Waals surface area (Å²) in [6.45, 7) is 0. The minimum atomic E-state index is -0.348. The third-order valence-electron chi connectivity index (χ3n) is 2.44. The summed E-state index contributed by atoms with van der Waals surface area (Å²) in [5.74, 6) is -0.446. The number of hydrogen-bond acceptors (Lipinski definition) is 4. The molecule has 2 rings (SSSR count). The molecule has 0 spiro atoms. The number of amides is 1. The second-order valence-corrected chi connectivity index (χ2v) is 5.97. The number of halogens is 2. The minimum Gasteiger partial charge on any atom is -0.409 e. The zero-order valence-corrected chi connectivity index (χ0v) is 13.1. The molecule has 0 atom stereocenters. The number of nitrogens with two attached hydrogens (primary N) is 1. The molecular weight excluding hydrogens is 366 g/mol. The quantitative estimate of drug-likeness (QED) is 0.332. The van der Waals surface area contributed by atoms with E-state index in [1.54, 1.807) is 29.6 Å². The van der Waals surface area contributed by atoms with Crippen LogP contribution in [0.15, 0.2) is 39.3 Å². The van der Waals surface area contributed by atoms with Crippen LogP contribution in [0.1, 0.15) is 15.2 Å². The highest BCUT2D eigenvalue weighted by atomic mass is 79.9. The Labute approximate surface area is 132 Å². The molecular formula is C12H9BrClN3O2S. The summed E-state index contributed by atoms with van der Waals surface area (Å²) >= 11 is 10.4. The second-order valence-electron chi connectivity index (χ2n) is 3.73. The Balaban J connectivity index is 2.35. The number of carbonyl (C=O) groups is 1. The topological polar surface area (TPSA) is 87.7 Å². The molecule has 0 fully saturated rings. The molecule has 0 saturated carbocycles. The van der Waals surface area contributed by atoms with Gasteiger partial charge < -0.3 is 16.3 Å². The number of rotatable bonds is 3. The lowest BCUT2D eigenvalue weighted by molar-refractivity contribution is 0.103. The number of oxime groups is 1. The molecule has 0 aliphatic heterocycles. The summed E-state index contributed by atoms with van der Waals surface area (Å²) < 4.78 is 0.742. The normalized spacial score (nSPS) is 11.4. The molecule has 0 aliphatic rings. The fraction of sp³-hybridized carbons (Fsp3) is 0. The molecule has 0 aliphatic carbocycles. The van der Waals surface area contributed by atoms with Crippen molar-refractivity contribution in [2.75, 3.05) is 5.32 Å². The van der Waals surface area contributed by atoms with Gasteiger partial charge in [0.25, 0.3) is 5.91 Å². The van der Waals surface area contributed by atoms with E-state index >= 15 is 0 Å². The third-order valence-corrected chi connectivity index (χ3v) is 4.27. The maximum Gasteiger partial charge on any atom is 0.267 e. The van der Waals surface area contributed by atoms with Gasteiger partial charge in [0.1, 0.15) is 4.88 Å². The van der Waals surface area contributed by atoms with Crippen molar-refractivity contribution in [2.24, 2.45) is 10.9 Å². The number of carbonyl (C=O) groups excluding carboxylic acids is 1. The average Bonchev–Trinajstić information content (AvgIpc) is 2.86. The van der Waals surface area contributed by atoms with E-state index in [1.807, 2.05) is 0 Å². The lowest BCUT2D eigenvalue weighted by atomic mass is 10.1. The number of nitrogens with zero attached hydrogens (tertiary/aromatic N) is 1. The van der Waals surface area contributed by atoms with Gasteiger partial charge >= 0.3 is 0 Å². The van der Waals surface area contributed by atoms with Gasteiger partial charge in [0.2, 0.25) is 0 Å². The van der Waals surface area contributed by atoms with Crippen molar-refractivity contribution in [3.8, 4) is 0 Å². The zero-order valence-electron chi connectivity index (χ0n) is 9.93. The van der Waals surface area contributed by atoms with E-state index in [2.05, 4.69) is 26.4 Å². The van der Waals surface area contributed by atoms with Crippen LogP contribution in [0.25, 0.3) is 0 Å². The fourth-order valence-corrected chi connectivity index (χ4v) is 2.92. The molecule has 5 nitrogen and oxygen atoms in total. The summed E-state index contributed by atoms with van der Waals surface area (Å²) in [7, 11) is 0.